The van der Waals surface area contributed by atoms with E-state index < -0.39 is 13.9 Å². The maximum absolute atomic E-state index is 14.5. The van der Waals surface area contributed by atoms with Gasteiger partial charge in [0.05, 0.1) is 58.2 Å². The number of hydrogen-bond acceptors (Lipinski definition) is 10. The molecule has 15 heteroatoms. The third kappa shape index (κ3) is 13.9. The van der Waals surface area contributed by atoms with Gasteiger partial charge in [0.25, 0.3) is 11.8 Å². The molecule has 0 saturated carbocycles. The van der Waals surface area contributed by atoms with E-state index in [-0.39, 0.29) is 30.7 Å². The monoisotopic (exact) mass is 1070 g/mol. The summed E-state index contributed by atoms with van der Waals surface area (Å²) in [5, 5.41) is 7.87. The molecule has 2 heterocycles. The van der Waals surface area contributed by atoms with Crippen molar-refractivity contribution in [2.45, 2.75) is 40.5 Å². The molecule has 3 aliphatic rings. The summed E-state index contributed by atoms with van der Waals surface area (Å²) in [6.45, 7) is 16.4. The molecule has 2 aliphatic heterocycles. The van der Waals surface area contributed by atoms with Gasteiger partial charge < -0.3 is 43.4 Å². The summed E-state index contributed by atoms with van der Waals surface area (Å²) in [5.41, 5.74) is 6.11. The molecule has 0 bridgehead atoms. The first-order valence-corrected chi connectivity index (χ1v) is 28.7. The number of nitrogens with one attached hydrogen (secondary N) is 1. The summed E-state index contributed by atoms with van der Waals surface area (Å²) in [5.74, 6) is 0.00635. The molecule has 78 heavy (non-hydrogen) atoms. The molecular weight excluding hydrogens is 1000 g/mol. The molecule has 1 aliphatic carbocycles. The lowest BCUT2D eigenvalue weighted by molar-refractivity contribution is -0.134. The van der Waals surface area contributed by atoms with E-state index in [2.05, 4.69) is 78.9 Å². The first-order chi connectivity index (χ1) is 38.2. The van der Waals surface area contributed by atoms with Gasteiger partial charge in [0.2, 0.25) is 11.3 Å². The van der Waals surface area contributed by atoms with Crippen LogP contribution in [0.2, 0.25) is 0 Å². The lowest BCUT2D eigenvalue weighted by atomic mass is 9.90. The second-order valence-electron chi connectivity index (χ2n) is 18.8. The summed E-state index contributed by atoms with van der Waals surface area (Å²) >= 11 is 0. The van der Waals surface area contributed by atoms with Crippen molar-refractivity contribution < 1.29 is 42.5 Å². The molecule has 0 unspecified atom stereocenters. The van der Waals surface area contributed by atoms with Crippen LogP contribution in [0.4, 0.5) is 5.69 Å². The molecule has 1 saturated heterocycles. The van der Waals surface area contributed by atoms with Crippen molar-refractivity contribution in [2.75, 3.05) is 111 Å². The third-order valence-electron chi connectivity index (χ3n) is 14.2. The molecule has 0 atom stereocenters. The molecule has 408 valence electrons. The van der Waals surface area contributed by atoms with Gasteiger partial charge in [0.1, 0.15) is 24.4 Å². The molecule has 5 aromatic rings. The fraction of sp³-hybridized carbons (Fsp3) is 0.349. The number of hydrogen-bond donors (Lipinski definition) is 1. The van der Waals surface area contributed by atoms with Gasteiger partial charge in [-0.2, -0.15) is 0 Å². The van der Waals surface area contributed by atoms with E-state index in [1.165, 1.54) is 7.11 Å². The number of piperazine rings is 1. The number of anilines is 1. The van der Waals surface area contributed by atoms with Crippen molar-refractivity contribution in [2.24, 2.45) is 0 Å². The Kier molecular flexibility index (Phi) is 20.8. The van der Waals surface area contributed by atoms with Crippen molar-refractivity contribution in [3.63, 3.8) is 0 Å². The number of carbonyl (C=O) groups is 4. The minimum Gasteiger partial charge on any atom is -0.465 e. The Bertz CT molecular complexity index is 3130. The van der Waals surface area contributed by atoms with Gasteiger partial charge in [0, 0.05) is 103 Å². The van der Waals surface area contributed by atoms with Crippen LogP contribution in [0.3, 0.4) is 0 Å². The maximum Gasteiger partial charge on any atom is 0.338 e. The molecule has 5 aromatic carbocycles. The van der Waals surface area contributed by atoms with Crippen LogP contribution in [0, 0.1) is 0 Å². The molecule has 0 spiro atoms. The molecule has 0 radical (unpaired) electrons. The zero-order valence-electron chi connectivity index (χ0n) is 45.7. The molecule has 8 rings (SSSR count). The van der Waals surface area contributed by atoms with Gasteiger partial charge in [-0.25, -0.2) is 9.37 Å². The zero-order chi connectivity index (χ0) is 54.8. The summed E-state index contributed by atoms with van der Waals surface area (Å²) in [4.78, 5) is 60.0. The largest absolute Gasteiger partial charge is 0.465 e. The Morgan fingerprint density at radius 2 is 1.27 bits per heavy atom. The zero-order valence-corrected chi connectivity index (χ0v) is 46.6. The van der Waals surface area contributed by atoms with E-state index in [1.807, 2.05) is 101 Å². The highest BCUT2D eigenvalue weighted by Crippen LogP contribution is 2.42. The number of benzene rings is 6. The third-order valence-corrected chi connectivity index (χ3v) is 16.7. The predicted octanol–water partition coefficient (Wildman–Crippen LogP) is 7.95. The highest BCUT2D eigenvalue weighted by atomic mass is 31.1. The van der Waals surface area contributed by atoms with E-state index in [4.69, 9.17) is 23.4 Å². The standard InChI is InChI=1S/C63H72N5O9P/c1-6-65(7-2)47-26-29-53-56(44-47)77-57-45-48(66(8-3)9-4)27-30-54(57)60(53)51-23-16-17-24-52(51)62(71)68-35-33-67(34-36-68)59(69)31-38-75-40-42-76-41-39-74-37-18-32-64-61(70)46-25-28-55(63(72)73-5)58(43-46)78(49-19-12-10-13-20-49)50-21-14-11-15-22-50/h10-17,19-30,43-45H,6-9,18,31-42H2,1-5H3/p+1. The second kappa shape index (κ2) is 28.4. The fourth-order valence-corrected chi connectivity index (χ4v) is 12.5. The molecule has 3 amide bonds. The highest BCUT2D eigenvalue weighted by molar-refractivity contribution is 7.80. The normalized spacial score (nSPS) is 12.5. The Balaban J connectivity index is 0.753. The lowest BCUT2D eigenvalue weighted by Crippen LogP contribution is -2.50. The molecule has 1 fully saturated rings. The van der Waals surface area contributed by atoms with E-state index in [0.29, 0.717) is 88.9 Å². The van der Waals surface area contributed by atoms with Gasteiger partial charge in [-0.05, 0) is 101 Å². The van der Waals surface area contributed by atoms with Crippen LogP contribution >= 0.6 is 7.92 Å². The van der Waals surface area contributed by atoms with E-state index in [0.717, 1.165) is 86.6 Å². The number of esters is 1. The quantitative estimate of drug-likeness (QED) is 0.0197. The predicted molar refractivity (Wildman–Crippen MR) is 311 cm³/mol. The Hall–Kier alpha value is -7.22. The molecular formula is C63H73N5O9P+. The van der Waals surface area contributed by atoms with Crippen LogP contribution in [-0.2, 0) is 23.7 Å². The first kappa shape index (κ1) is 57.0. The number of methoxy groups -OCH3 is 1. The maximum atomic E-state index is 14.5. The van der Waals surface area contributed by atoms with Crippen LogP contribution in [-0.4, -0.2) is 139 Å². The summed E-state index contributed by atoms with van der Waals surface area (Å²) in [6.07, 6.45) is 0.845. The van der Waals surface area contributed by atoms with E-state index in [1.54, 1.807) is 12.1 Å². The van der Waals surface area contributed by atoms with Crippen LogP contribution in [0.25, 0.3) is 33.4 Å². The summed E-state index contributed by atoms with van der Waals surface area (Å²) in [7, 11) is 0.206. The highest BCUT2D eigenvalue weighted by Gasteiger charge is 2.29. The van der Waals surface area contributed by atoms with Crippen molar-refractivity contribution >= 4 is 64.2 Å². The smallest absolute Gasteiger partial charge is 0.338 e. The van der Waals surface area contributed by atoms with Crippen molar-refractivity contribution in [1.29, 1.82) is 0 Å². The first-order valence-electron chi connectivity index (χ1n) is 27.3. The average Bonchev–Trinajstić information content (AvgIpc) is 3.68. The second-order valence-corrected chi connectivity index (χ2v) is 21.0. The van der Waals surface area contributed by atoms with Crippen molar-refractivity contribution in [1.82, 2.24) is 19.7 Å². The van der Waals surface area contributed by atoms with Gasteiger partial charge in [-0.15, -0.1) is 0 Å². The summed E-state index contributed by atoms with van der Waals surface area (Å²) < 4.78 is 31.3. The number of rotatable bonds is 25. The summed E-state index contributed by atoms with van der Waals surface area (Å²) in [6, 6.07) is 45.7. The Morgan fingerprint density at radius 3 is 1.92 bits per heavy atom. The number of carbonyl (C=O) groups excluding carboxylic acids is 4. The molecule has 0 aromatic heterocycles. The minimum absolute atomic E-state index is 0.00565. The van der Waals surface area contributed by atoms with Gasteiger partial charge >= 0.3 is 5.97 Å². The van der Waals surface area contributed by atoms with Crippen LogP contribution in [0.15, 0.2) is 144 Å². The van der Waals surface area contributed by atoms with Gasteiger partial charge in [-0.3, -0.25) is 14.4 Å². The number of fused-ring (bicyclic) bond motifs is 2. The van der Waals surface area contributed by atoms with Crippen molar-refractivity contribution in [3.05, 3.63) is 162 Å². The van der Waals surface area contributed by atoms with E-state index in [9.17, 15) is 19.2 Å². The van der Waals surface area contributed by atoms with Crippen LogP contribution in [0.1, 0.15) is 71.6 Å². The van der Waals surface area contributed by atoms with Crippen LogP contribution in [0.5, 0.6) is 0 Å². The average molecular weight is 1080 g/mol. The fourth-order valence-electron chi connectivity index (χ4n) is 10.0. The SMILES string of the molecule is CCN(CC)c1ccc2c(-c3ccccc3C(=O)N3CCN(C(=O)CCOCCOCCOCCCNC(=O)c4ccc(C(=O)OC)c(P(c5ccccc5)c5ccccc5)c4)CC3)c3ccc(=[N+](CC)CC)cc-3oc2c1. The van der Waals surface area contributed by atoms with Gasteiger partial charge in [-0.1, -0.05) is 78.9 Å². The van der Waals surface area contributed by atoms with Gasteiger partial charge in [0.15, 0.2) is 0 Å². The van der Waals surface area contributed by atoms with E-state index >= 15 is 0 Å². The topological polar surface area (TPSA) is 143 Å². The minimum atomic E-state index is -1.16. The Labute approximate surface area is 459 Å². The number of nitrogens with zero attached hydrogens (tertiary/aromatic N) is 4. The number of ether oxygens (including phenoxy) is 4. The lowest BCUT2D eigenvalue weighted by Gasteiger charge is -2.35. The molecule has 14 nitrogen and oxygen atoms in total. The Morgan fingerprint density at radius 1 is 0.641 bits per heavy atom. The van der Waals surface area contributed by atoms with Crippen molar-refractivity contribution in [3.8, 4) is 22.5 Å². The molecule has 1 N–H and O–H groups in total. The van der Waals surface area contributed by atoms with Crippen LogP contribution < -0.4 is 36.1 Å². The number of amides is 3.